The van der Waals surface area contributed by atoms with Crippen LogP contribution in [0.25, 0.3) is 0 Å². The van der Waals surface area contributed by atoms with Crippen molar-refractivity contribution in [3.05, 3.63) is 46.5 Å². The standard InChI is InChI=1S/C15H19N5OS.ClH/c1-10-2-4-11(5-3-10)6-7-18-13(21)8-12-9-22-15(19-12)20-14(16)17;/h2-5,9H,6-8H2,1H3,(H,18,21)(H4,16,17,19,20);1H. The van der Waals surface area contributed by atoms with Gasteiger partial charge in [0.1, 0.15) is 0 Å². The Hall–Kier alpha value is -2.12. The largest absolute Gasteiger partial charge is 0.370 e. The fourth-order valence-electron chi connectivity index (χ4n) is 1.87. The topological polar surface area (TPSA) is 106 Å². The van der Waals surface area contributed by atoms with Crippen LogP contribution < -0.4 is 16.8 Å². The maximum Gasteiger partial charge on any atom is 0.226 e. The number of aromatic nitrogens is 1. The van der Waals surface area contributed by atoms with E-state index in [1.54, 1.807) is 5.38 Å². The van der Waals surface area contributed by atoms with Gasteiger partial charge in [-0.1, -0.05) is 29.8 Å². The number of amides is 1. The van der Waals surface area contributed by atoms with Gasteiger partial charge in [-0.05, 0) is 18.9 Å². The van der Waals surface area contributed by atoms with Crippen molar-refractivity contribution in [2.24, 2.45) is 16.5 Å². The molecule has 23 heavy (non-hydrogen) atoms. The Morgan fingerprint density at radius 2 is 2.00 bits per heavy atom. The summed E-state index contributed by atoms with van der Waals surface area (Å²) in [5, 5.41) is 5.12. The molecule has 0 aliphatic heterocycles. The third-order valence-electron chi connectivity index (χ3n) is 2.96. The van der Waals surface area contributed by atoms with E-state index >= 15 is 0 Å². The third-order valence-corrected chi connectivity index (χ3v) is 3.75. The summed E-state index contributed by atoms with van der Waals surface area (Å²) in [4.78, 5) is 19.9. The Labute approximate surface area is 145 Å². The molecule has 1 aromatic carbocycles. The molecular weight excluding hydrogens is 334 g/mol. The van der Waals surface area contributed by atoms with Crippen molar-refractivity contribution in [1.82, 2.24) is 10.3 Å². The average Bonchev–Trinajstić information content (AvgIpc) is 2.87. The Balaban J connectivity index is 0.00000264. The number of hydrogen-bond donors (Lipinski definition) is 3. The van der Waals surface area contributed by atoms with Gasteiger partial charge in [0, 0.05) is 11.9 Å². The lowest BCUT2D eigenvalue weighted by Crippen LogP contribution is -2.27. The minimum Gasteiger partial charge on any atom is -0.370 e. The Morgan fingerprint density at radius 3 is 2.65 bits per heavy atom. The second-order valence-corrected chi connectivity index (χ2v) is 5.76. The highest BCUT2D eigenvalue weighted by atomic mass is 35.5. The number of benzene rings is 1. The zero-order chi connectivity index (χ0) is 15.9. The van der Waals surface area contributed by atoms with Crippen LogP contribution in [0.3, 0.4) is 0 Å². The summed E-state index contributed by atoms with van der Waals surface area (Å²) in [6.45, 7) is 2.66. The summed E-state index contributed by atoms with van der Waals surface area (Å²) in [7, 11) is 0. The first-order valence-corrected chi connectivity index (χ1v) is 7.77. The summed E-state index contributed by atoms with van der Waals surface area (Å²) in [5.41, 5.74) is 13.7. The number of halogens is 1. The summed E-state index contributed by atoms with van der Waals surface area (Å²) >= 11 is 1.30. The van der Waals surface area contributed by atoms with E-state index in [1.165, 1.54) is 22.5 Å². The fraction of sp³-hybridized carbons (Fsp3) is 0.267. The number of guanidine groups is 1. The van der Waals surface area contributed by atoms with Gasteiger partial charge in [-0.3, -0.25) is 4.79 Å². The van der Waals surface area contributed by atoms with Gasteiger partial charge in [-0.2, -0.15) is 4.99 Å². The molecule has 0 aliphatic carbocycles. The van der Waals surface area contributed by atoms with Crippen molar-refractivity contribution in [3.8, 4) is 0 Å². The number of nitrogens with two attached hydrogens (primary N) is 2. The van der Waals surface area contributed by atoms with E-state index in [0.29, 0.717) is 17.4 Å². The number of nitrogens with zero attached hydrogens (tertiary/aromatic N) is 2. The van der Waals surface area contributed by atoms with Gasteiger partial charge in [0.2, 0.25) is 11.0 Å². The molecule has 0 saturated heterocycles. The number of aryl methyl sites for hydroxylation is 1. The minimum atomic E-state index is -0.0614. The summed E-state index contributed by atoms with van der Waals surface area (Å²) in [5.74, 6) is -0.0999. The van der Waals surface area contributed by atoms with Crippen molar-refractivity contribution >= 4 is 40.7 Å². The molecule has 5 N–H and O–H groups in total. The van der Waals surface area contributed by atoms with Crippen LogP contribution in [0.4, 0.5) is 5.13 Å². The Kier molecular flexibility index (Phi) is 7.50. The number of hydrogen-bond acceptors (Lipinski definition) is 4. The molecule has 6 nitrogen and oxygen atoms in total. The monoisotopic (exact) mass is 353 g/mol. The zero-order valence-corrected chi connectivity index (χ0v) is 14.4. The lowest BCUT2D eigenvalue weighted by atomic mass is 10.1. The summed E-state index contributed by atoms with van der Waals surface area (Å²) in [6.07, 6.45) is 1.03. The highest BCUT2D eigenvalue weighted by Crippen LogP contribution is 2.18. The molecule has 0 fully saturated rings. The van der Waals surface area contributed by atoms with E-state index in [9.17, 15) is 4.79 Å². The van der Waals surface area contributed by atoms with Gasteiger partial charge in [-0.15, -0.1) is 23.7 Å². The molecule has 0 saturated carbocycles. The van der Waals surface area contributed by atoms with Crippen LogP contribution in [0, 0.1) is 6.92 Å². The van der Waals surface area contributed by atoms with E-state index in [-0.39, 0.29) is 30.7 Å². The van der Waals surface area contributed by atoms with Gasteiger partial charge >= 0.3 is 0 Å². The molecule has 124 valence electrons. The lowest BCUT2D eigenvalue weighted by molar-refractivity contribution is -0.120. The first-order chi connectivity index (χ1) is 10.5. The number of nitrogens with one attached hydrogen (secondary N) is 1. The number of aliphatic imine (C=N–C) groups is 1. The van der Waals surface area contributed by atoms with Crippen LogP contribution in [-0.4, -0.2) is 23.4 Å². The van der Waals surface area contributed by atoms with Crippen LogP contribution in [-0.2, 0) is 17.6 Å². The molecule has 1 aromatic heterocycles. The predicted octanol–water partition coefficient (Wildman–Crippen LogP) is 1.68. The van der Waals surface area contributed by atoms with Gasteiger partial charge in [0.05, 0.1) is 12.1 Å². The number of thiazole rings is 1. The summed E-state index contributed by atoms with van der Waals surface area (Å²) < 4.78 is 0. The van der Waals surface area contributed by atoms with E-state index in [4.69, 9.17) is 11.5 Å². The highest BCUT2D eigenvalue weighted by molar-refractivity contribution is 7.13. The van der Waals surface area contributed by atoms with Crippen LogP contribution in [0.5, 0.6) is 0 Å². The number of rotatable bonds is 6. The highest BCUT2D eigenvalue weighted by Gasteiger charge is 2.07. The van der Waals surface area contributed by atoms with Crippen molar-refractivity contribution in [3.63, 3.8) is 0 Å². The number of carbonyl (C=O) groups excluding carboxylic acids is 1. The average molecular weight is 354 g/mol. The van der Waals surface area contributed by atoms with E-state index in [0.717, 1.165) is 6.42 Å². The molecule has 1 amide bonds. The van der Waals surface area contributed by atoms with Gasteiger partial charge in [-0.25, -0.2) is 4.98 Å². The van der Waals surface area contributed by atoms with Crippen LogP contribution in [0.2, 0.25) is 0 Å². The van der Waals surface area contributed by atoms with Crippen LogP contribution >= 0.6 is 23.7 Å². The van der Waals surface area contributed by atoms with E-state index < -0.39 is 0 Å². The van der Waals surface area contributed by atoms with Crippen molar-refractivity contribution in [2.45, 2.75) is 19.8 Å². The molecule has 0 radical (unpaired) electrons. The fourth-order valence-corrected chi connectivity index (χ4v) is 2.57. The quantitative estimate of drug-likeness (QED) is 0.542. The van der Waals surface area contributed by atoms with Crippen molar-refractivity contribution in [2.75, 3.05) is 6.54 Å². The Bertz CT molecular complexity index is 665. The second kappa shape index (κ2) is 9.12. The van der Waals surface area contributed by atoms with Crippen LogP contribution in [0.1, 0.15) is 16.8 Å². The maximum atomic E-state index is 11.9. The van der Waals surface area contributed by atoms with Gasteiger partial charge < -0.3 is 16.8 Å². The van der Waals surface area contributed by atoms with Crippen LogP contribution in [0.15, 0.2) is 34.6 Å². The molecule has 0 bridgehead atoms. The molecule has 1 heterocycles. The molecule has 0 aliphatic rings. The van der Waals surface area contributed by atoms with Crippen molar-refractivity contribution < 1.29 is 4.79 Å². The third kappa shape index (κ3) is 6.66. The van der Waals surface area contributed by atoms with Crippen molar-refractivity contribution in [1.29, 1.82) is 0 Å². The molecule has 0 atom stereocenters. The first kappa shape index (κ1) is 18.9. The van der Waals surface area contributed by atoms with E-state index in [2.05, 4.69) is 46.5 Å². The SMILES string of the molecule is Cc1ccc(CCNC(=O)Cc2csc(N=C(N)N)n2)cc1.Cl. The van der Waals surface area contributed by atoms with Gasteiger partial charge in [0.25, 0.3) is 0 Å². The zero-order valence-electron chi connectivity index (χ0n) is 12.8. The molecule has 2 aromatic rings. The predicted molar refractivity (Wildman–Crippen MR) is 96.4 cm³/mol. The molecular formula is C15H20ClN5OS. The number of carbonyl (C=O) groups is 1. The summed E-state index contributed by atoms with van der Waals surface area (Å²) in [6, 6.07) is 8.28. The lowest BCUT2D eigenvalue weighted by Gasteiger charge is -2.04. The normalized spacial score (nSPS) is 9.78. The molecule has 8 heteroatoms. The Morgan fingerprint density at radius 1 is 1.30 bits per heavy atom. The molecule has 0 spiro atoms. The maximum absolute atomic E-state index is 11.9. The second-order valence-electron chi connectivity index (χ2n) is 4.92. The smallest absolute Gasteiger partial charge is 0.226 e. The minimum absolute atomic E-state index is 0. The molecule has 0 unspecified atom stereocenters. The van der Waals surface area contributed by atoms with E-state index in [1.807, 2.05) is 0 Å². The first-order valence-electron chi connectivity index (χ1n) is 6.89. The van der Waals surface area contributed by atoms with Gasteiger partial charge in [0.15, 0.2) is 5.96 Å². The molecule has 2 rings (SSSR count).